The fourth-order valence-corrected chi connectivity index (χ4v) is 3.70. The van der Waals surface area contributed by atoms with Gasteiger partial charge in [0.1, 0.15) is 11.5 Å². The Hall–Kier alpha value is -3.54. The Morgan fingerprint density at radius 2 is 1.06 bits per heavy atom. The minimum absolute atomic E-state index is 0.0546. The molecule has 32 heavy (non-hydrogen) atoms. The predicted molar refractivity (Wildman–Crippen MR) is 126 cm³/mol. The summed E-state index contributed by atoms with van der Waals surface area (Å²) in [6, 6.07) is 14.9. The van der Waals surface area contributed by atoms with E-state index in [1.54, 1.807) is 38.5 Å². The molecule has 2 amide bonds. The van der Waals surface area contributed by atoms with Gasteiger partial charge in [0.25, 0.3) is 0 Å². The summed E-state index contributed by atoms with van der Waals surface area (Å²) < 4.78 is 10.3. The van der Waals surface area contributed by atoms with Gasteiger partial charge in [0, 0.05) is 37.3 Å². The van der Waals surface area contributed by atoms with Crippen molar-refractivity contribution in [2.75, 3.05) is 27.3 Å². The fraction of sp³-hybridized carbons (Fsp3) is 0.308. The number of carbonyl (C=O) groups is 2. The highest BCUT2D eigenvalue weighted by molar-refractivity contribution is 5.94. The fourth-order valence-electron chi connectivity index (χ4n) is 3.70. The summed E-state index contributed by atoms with van der Waals surface area (Å²) >= 11 is 0. The molecule has 168 valence electrons. The van der Waals surface area contributed by atoms with E-state index in [2.05, 4.69) is 0 Å². The van der Waals surface area contributed by atoms with Gasteiger partial charge in [-0.05, 0) is 61.4 Å². The molecule has 1 saturated heterocycles. The largest absolute Gasteiger partial charge is 0.497 e. The molecule has 0 spiro atoms. The Morgan fingerprint density at radius 3 is 1.38 bits per heavy atom. The number of carbonyl (C=O) groups excluding carboxylic acids is 2. The maximum Gasteiger partial charge on any atom is 0.246 e. The third-order valence-corrected chi connectivity index (χ3v) is 5.62. The topological polar surface area (TPSA) is 59.1 Å². The number of methoxy groups -OCH3 is 2. The monoisotopic (exact) mass is 434 g/mol. The van der Waals surface area contributed by atoms with Crippen LogP contribution in [-0.4, -0.2) is 61.0 Å². The van der Waals surface area contributed by atoms with E-state index in [1.807, 2.05) is 72.2 Å². The predicted octanol–water partition coefficient (Wildman–Crippen LogP) is 3.88. The maximum absolute atomic E-state index is 12.8. The second-order valence-corrected chi connectivity index (χ2v) is 7.89. The summed E-state index contributed by atoms with van der Waals surface area (Å²) in [5, 5.41) is 0. The Kier molecular flexibility index (Phi) is 7.71. The summed E-state index contributed by atoms with van der Waals surface area (Å²) in [5.74, 6) is 1.44. The van der Waals surface area contributed by atoms with Crippen LogP contribution in [-0.2, 0) is 9.59 Å². The molecule has 3 rings (SSSR count). The van der Waals surface area contributed by atoms with Gasteiger partial charge in [-0.1, -0.05) is 24.3 Å². The van der Waals surface area contributed by atoms with Crippen molar-refractivity contribution in [3.05, 3.63) is 71.8 Å². The Balaban J connectivity index is 1.59. The molecule has 1 aliphatic heterocycles. The lowest BCUT2D eigenvalue weighted by atomic mass is 10.1. The Labute approximate surface area is 189 Å². The Bertz CT molecular complexity index is 898. The van der Waals surface area contributed by atoms with E-state index in [9.17, 15) is 9.59 Å². The lowest BCUT2D eigenvalue weighted by Crippen LogP contribution is -2.59. The van der Waals surface area contributed by atoms with Crippen molar-refractivity contribution in [3.8, 4) is 11.5 Å². The number of hydrogen-bond acceptors (Lipinski definition) is 4. The highest BCUT2D eigenvalue weighted by Gasteiger charge is 2.32. The van der Waals surface area contributed by atoms with Crippen LogP contribution in [0.3, 0.4) is 0 Å². The van der Waals surface area contributed by atoms with E-state index in [-0.39, 0.29) is 23.9 Å². The van der Waals surface area contributed by atoms with Crippen LogP contribution in [0.2, 0.25) is 0 Å². The smallest absolute Gasteiger partial charge is 0.246 e. The molecule has 0 aromatic heterocycles. The van der Waals surface area contributed by atoms with E-state index >= 15 is 0 Å². The van der Waals surface area contributed by atoms with Crippen LogP contribution in [0.5, 0.6) is 11.5 Å². The van der Waals surface area contributed by atoms with Crippen molar-refractivity contribution in [3.63, 3.8) is 0 Å². The highest BCUT2D eigenvalue weighted by Crippen LogP contribution is 2.18. The molecule has 2 atom stereocenters. The first-order valence-corrected chi connectivity index (χ1v) is 10.7. The van der Waals surface area contributed by atoms with Gasteiger partial charge < -0.3 is 19.3 Å². The molecule has 6 heteroatoms. The zero-order valence-corrected chi connectivity index (χ0v) is 19.0. The molecule has 0 aliphatic carbocycles. The van der Waals surface area contributed by atoms with Crippen LogP contribution in [0.15, 0.2) is 60.7 Å². The first-order chi connectivity index (χ1) is 15.4. The second kappa shape index (κ2) is 10.7. The molecule has 0 saturated carbocycles. The number of nitrogens with zero attached hydrogens (tertiary/aromatic N) is 2. The van der Waals surface area contributed by atoms with Crippen LogP contribution in [0.4, 0.5) is 0 Å². The van der Waals surface area contributed by atoms with Crippen LogP contribution < -0.4 is 9.47 Å². The first-order valence-electron chi connectivity index (χ1n) is 10.7. The molecule has 2 aromatic rings. The number of hydrogen-bond donors (Lipinski definition) is 0. The molecule has 0 bridgehead atoms. The molecule has 1 aliphatic rings. The minimum atomic E-state index is -0.0717. The van der Waals surface area contributed by atoms with E-state index in [0.717, 1.165) is 22.6 Å². The van der Waals surface area contributed by atoms with Gasteiger partial charge in [-0.15, -0.1) is 0 Å². The van der Waals surface area contributed by atoms with Crippen molar-refractivity contribution < 1.29 is 19.1 Å². The van der Waals surface area contributed by atoms with Gasteiger partial charge in [-0.25, -0.2) is 0 Å². The van der Waals surface area contributed by atoms with E-state index < -0.39 is 0 Å². The lowest BCUT2D eigenvalue weighted by Gasteiger charge is -2.43. The maximum atomic E-state index is 12.8. The van der Waals surface area contributed by atoms with E-state index in [1.165, 1.54) is 0 Å². The average molecular weight is 435 g/mol. The van der Waals surface area contributed by atoms with Crippen molar-refractivity contribution in [1.82, 2.24) is 9.80 Å². The van der Waals surface area contributed by atoms with Crippen molar-refractivity contribution >= 4 is 24.0 Å². The molecule has 2 unspecified atom stereocenters. The number of amides is 2. The molecule has 1 fully saturated rings. The average Bonchev–Trinajstić information content (AvgIpc) is 2.82. The van der Waals surface area contributed by atoms with Crippen molar-refractivity contribution in [1.29, 1.82) is 0 Å². The van der Waals surface area contributed by atoms with Gasteiger partial charge in [0.15, 0.2) is 0 Å². The van der Waals surface area contributed by atoms with Gasteiger partial charge >= 0.3 is 0 Å². The van der Waals surface area contributed by atoms with E-state index in [4.69, 9.17) is 9.47 Å². The summed E-state index contributed by atoms with van der Waals surface area (Å²) in [6.45, 7) is 4.93. The summed E-state index contributed by atoms with van der Waals surface area (Å²) in [5.41, 5.74) is 1.86. The third kappa shape index (κ3) is 5.78. The molecule has 1 heterocycles. The van der Waals surface area contributed by atoms with Crippen LogP contribution in [0, 0.1) is 0 Å². The van der Waals surface area contributed by atoms with E-state index in [0.29, 0.717) is 13.1 Å². The summed E-state index contributed by atoms with van der Waals surface area (Å²) in [6.07, 6.45) is 6.78. The molecule has 0 N–H and O–H groups in total. The molecule has 6 nitrogen and oxygen atoms in total. The SMILES string of the molecule is COc1ccc(/C=C/C(=O)N2CC(C)N(C(=O)/C=C/c3ccc(OC)cc3)CC2C)cc1. The van der Waals surface area contributed by atoms with Gasteiger partial charge in [-0.3, -0.25) is 9.59 Å². The molecular formula is C26H30N2O4. The standard InChI is InChI=1S/C26H30N2O4/c1-19-17-28(26(30)16-10-22-7-13-24(32-4)14-8-22)20(2)18-27(19)25(29)15-9-21-5-11-23(31-3)12-6-21/h5-16,19-20H,17-18H2,1-4H3/b15-9+,16-10+. The van der Waals surface area contributed by atoms with Crippen LogP contribution >= 0.6 is 0 Å². The van der Waals surface area contributed by atoms with Crippen molar-refractivity contribution in [2.24, 2.45) is 0 Å². The quantitative estimate of drug-likeness (QED) is 0.648. The first kappa shape index (κ1) is 23.1. The zero-order valence-electron chi connectivity index (χ0n) is 19.0. The molecule has 0 radical (unpaired) electrons. The van der Waals surface area contributed by atoms with Crippen LogP contribution in [0.25, 0.3) is 12.2 Å². The Morgan fingerprint density at radius 1 is 0.719 bits per heavy atom. The van der Waals surface area contributed by atoms with Crippen LogP contribution in [0.1, 0.15) is 25.0 Å². The highest BCUT2D eigenvalue weighted by atomic mass is 16.5. The number of ether oxygens (including phenoxy) is 2. The zero-order chi connectivity index (χ0) is 23.1. The van der Waals surface area contributed by atoms with Gasteiger partial charge in [0.05, 0.1) is 14.2 Å². The lowest BCUT2D eigenvalue weighted by molar-refractivity contribution is -0.139. The minimum Gasteiger partial charge on any atom is -0.497 e. The number of benzene rings is 2. The van der Waals surface area contributed by atoms with Gasteiger partial charge in [-0.2, -0.15) is 0 Å². The summed E-state index contributed by atoms with van der Waals surface area (Å²) in [7, 11) is 3.24. The number of piperazine rings is 1. The number of rotatable bonds is 6. The third-order valence-electron chi connectivity index (χ3n) is 5.62. The van der Waals surface area contributed by atoms with Crippen molar-refractivity contribution in [2.45, 2.75) is 25.9 Å². The normalized spacial score (nSPS) is 18.9. The van der Waals surface area contributed by atoms with Gasteiger partial charge in [0.2, 0.25) is 11.8 Å². The molecular weight excluding hydrogens is 404 g/mol. The molecule has 2 aromatic carbocycles. The summed E-state index contributed by atoms with van der Waals surface area (Å²) in [4.78, 5) is 29.2. The second-order valence-electron chi connectivity index (χ2n) is 7.89.